The van der Waals surface area contributed by atoms with Gasteiger partial charge in [-0.1, -0.05) is 219 Å². The van der Waals surface area contributed by atoms with E-state index in [-0.39, 0.29) is 32.2 Å². The van der Waals surface area contributed by atoms with Crippen molar-refractivity contribution in [1.29, 1.82) is 0 Å². The number of carbonyl (C=O) groups is 3. The number of rotatable bonds is 50. The third-order valence-electron chi connectivity index (χ3n) is 11.5. The monoisotopic (exact) mass is 1000 g/mol. The van der Waals surface area contributed by atoms with Gasteiger partial charge in [-0.25, -0.2) is 4.79 Å². The van der Waals surface area contributed by atoms with E-state index in [1.54, 1.807) is 0 Å². The van der Waals surface area contributed by atoms with Gasteiger partial charge in [0, 0.05) is 12.8 Å². The van der Waals surface area contributed by atoms with E-state index < -0.39 is 24.3 Å². The summed E-state index contributed by atoms with van der Waals surface area (Å²) in [7, 11) is 5.94. The molecule has 0 aromatic carbocycles. The highest BCUT2D eigenvalue weighted by molar-refractivity contribution is 5.71. The number of likely N-dealkylation sites (N-methyl/N-ethyl adjacent to an activating group) is 1. The molecule has 0 saturated heterocycles. The Balaban J connectivity index is 4.20. The predicted octanol–water partition coefficient (Wildman–Crippen LogP) is 16.5. The molecule has 0 rings (SSSR count). The summed E-state index contributed by atoms with van der Waals surface area (Å²) in [6, 6.07) is 0. The quantitative estimate of drug-likeness (QED) is 0.0211. The van der Waals surface area contributed by atoms with Crippen molar-refractivity contribution in [3.8, 4) is 0 Å². The van der Waals surface area contributed by atoms with E-state index >= 15 is 0 Å². The van der Waals surface area contributed by atoms with Gasteiger partial charge in [0.05, 0.1) is 34.4 Å². The summed E-state index contributed by atoms with van der Waals surface area (Å²) >= 11 is 0. The van der Waals surface area contributed by atoms with Crippen molar-refractivity contribution in [2.75, 3.05) is 47.5 Å². The van der Waals surface area contributed by atoms with Gasteiger partial charge in [-0.05, 0) is 89.9 Å². The normalized spacial score (nSPS) is 13.7. The Hall–Kier alpha value is -4.31. The van der Waals surface area contributed by atoms with Crippen LogP contribution < -0.4 is 0 Å². The summed E-state index contributed by atoms with van der Waals surface area (Å²) in [4.78, 5) is 37.2. The number of ether oxygens (including phenoxy) is 4. The molecule has 72 heavy (non-hydrogen) atoms. The van der Waals surface area contributed by atoms with Gasteiger partial charge in [0.2, 0.25) is 0 Å². The third-order valence-corrected chi connectivity index (χ3v) is 11.5. The zero-order valence-electron chi connectivity index (χ0n) is 46.3. The van der Waals surface area contributed by atoms with Crippen LogP contribution in [0.25, 0.3) is 0 Å². The van der Waals surface area contributed by atoms with Crippen LogP contribution in [0.4, 0.5) is 0 Å². The van der Waals surface area contributed by atoms with Crippen LogP contribution in [0.5, 0.6) is 0 Å². The van der Waals surface area contributed by atoms with Crippen LogP contribution in [0.3, 0.4) is 0 Å². The van der Waals surface area contributed by atoms with E-state index in [1.807, 2.05) is 21.1 Å². The van der Waals surface area contributed by atoms with Crippen molar-refractivity contribution in [3.05, 3.63) is 122 Å². The number of carboxylic acid groups (broad SMARTS) is 1. The first kappa shape index (κ1) is 67.7. The van der Waals surface area contributed by atoms with Gasteiger partial charge < -0.3 is 28.5 Å². The van der Waals surface area contributed by atoms with Crippen LogP contribution in [0.1, 0.15) is 200 Å². The molecule has 2 unspecified atom stereocenters. The summed E-state index contributed by atoms with van der Waals surface area (Å²) in [5.74, 6) is -2.04. The Morgan fingerprint density at radius 1 is 0.431 bits per heavy atom. The van der Waals surface area contributed by atoms with Crippen LogP contribution in [-0.4, -0.2) is 87.4 Å². The summed E-state index contributed by atoms with van der Waals surface area (Å²) in [6.45, 7) is 4.70. The molecule has 0 spiro atoms. The Kier molecular flexibility index (Phi) is 49.8. The van der Waals surface area contributed by atoms with Crippen LogP contribution >= 0.6 is 0 Å². The van der Waals surface area contributed by atoms with Crippen molar-refractivity contribution in [2.24, 2.45) is 0 Å². The Labute approximate surface area is 440 Å². The van der Waals surface area contributed by atoms with E-state index in [1.165, 1.54) is 44.9 Å². The molecule has 0 aliphatic carbocycles. The molecular weight excluding hydrogens is 899 g/mol. The van der Waals surface area contributed by atoms with Crippen molar-refractivity contribution in [3.63, 3.8) is 0 Å². The lowest BCUT2D eigenvalue weighted by Crippen LogP contribution is -2.40. The number of hydrogen-bond acceptors (Lipinski definition) is 7. The number of quaternary nitrogens is 1. The SMILES string of the molecule is CC/C=C\C/C=C\C/C=C\C/C=C\C/C=C\C/C=C\C/C=C\C/C=C\C/C=C\C/C=C\CCCCCCCCC(=O)OC(COC(=O)CCCCCCCCCCCC)COC(OCC[N+](C)(C)C)C(=O)O. The van der Waals surface area contributed by atoms with Gasteiger partial charge in [-0.2, -0.15) is 0 Å². The average Bonchev–Trinajstić information content (AvgIpc) is 3.35. The van der Waals surface area contributed by atoms with Crippen LogP contribution in [0, 0.1) is 0 Å². The number of allylic oxidation sites excluding steroid dienone is 20. The lowest BCUT2D eigenvalue weighted by atomic mass is 10.1. The van der Waals surface area contributed by atoms with E-state index in [0.29, 0.717) is 23.9 Å². The first-order chi connectivity index (χ1) is 35.1. The standard InChI is InChI=1S/C63H103NO8/c1-6-8-10-12-14-16-18-19-20-21-22-23-24-25-26-27-28-29-30-31-32-33-34-35-36-37-38-39-40-41-42-43-44-46-48-50-52-54-61(66)72-59(58-71-63(62(67)68)69-56-55-64(3,4)5)57-70-60(65)53-51-49-47-45-17-15-13-11-9-7-2/h8,10,14,16,19-20,22-23,25-26,28-29,31-32,34-35,37-38,40-41,59,63H,6-7,9,11-13,15,17-18,21,24,27,30,33,36,39,42-58H2,1-5H3/p+1/b10-8-,16-14-,20-19-,23-22-,26-25-,29-28-,32-31-,35-34-,38-37-,41-40-. The van der Waals surface area contributed by atoms with Crippen molar-refractivity contribution in [1.82, 2.24) is 0 Å². The molecule has 0 heterocycles. The number of carbonyl (C=O) groups excluding carboxylic acids is 2. The molecular formula is C63H104NO8+. The number of unbranched alkanes of at least 4 members (excludes halogenated alkanes) is 15. The molecule has 0 aromatic rings. The maximum atomic E-state index is 12.8. The number of aliphatic carboxylic acids is 1. The second kappa shape index (κ2) is 53.0. The van der Waals surface area contributed by atoms with Gasteiger partial charge in [0.1, 0.15) is 13.2 Å². The highest BCUT2D eigenvalue weighted by atomic mass is 16.7. The zero-order chi connectivity index (χ0) is 52.7. The maximum Gasteiger partial charge on any atom is 0.361 e. The molecule has 0 fully saturated rings. The van der Waals surface area contributed by atoms with Gasteiger partial charge >= 0.3 is 17.9 Å². The van der Waals surface area contributed by atoms with Crippen LogP contribution in [-0.2, 0) is 33.3 Å². The second-order valence-corrected chi connectivity index (χ2v) is 19.5. The van der Waals surface area contributed by atoms with Crippen LogP contribution in [0.15, 0.2) is 122 Å². The Bertz CT molecular complexity index is 1590. The van der Waals surface area contributed by atoms with Gasteiger partial charge in [-0.15, -0.1) is 0 Å². The van der Waals surface area contributed by atoms with E-state index in [4.69, 9.17) is 18.9 Å². The molecule has 2 atom stereocenters. The molecule has 0 amide bonds. The fourth-order valence-electron chi connectivity index (χ4n) is 7.16. The number of esters is 2. The molecule has 9 nitrogen and oxygen atoms in total. The van der Waals surface area contributed by atoms with Gasteiger partial charge in [0.15, 0.2) is 6.10 Å². The third kappa shape index (κ3) is 53.5. The highest BCUT2D eigenvalue weighted by Gasteiger charge is 2.25. The van der Waals surface area contributed by atoms with Crippen molar-refractivity contribution >= 4 is 17.9 Å². The van der Waals surface area contributed by atoms with Gasteiger partial charge in [0.25, 0.3) is 6.29 Å². The second-order valence-electron chi connectivity index (χ2n) is 19.5. The molecule has 0 aromatic heterocycles. The Morgan fingerprint density at radius 2 is 0.792 bits per heavy atom. The molecule has 0 radical (unpaired) electrons. The molecule has 0 aliphatic rings. The molecule has 1 N–H and O–H groups in total. The molecule has 9 heteroatoms. The molecule has 0 saturated carbocycles. The van der Waals surface area contributed by atoms with Crippen molar-refractivity contribution < 1.29 is 42.9 Å². The lowest BCUT2D eigenvalue weighted by molar-refractivity contribution is -0.870. The number of nitrogens with zero attached hydrogens (tertiary/aromatic N) is 1. The minimum absolute atomic E-state index is 0.179. The fourth-order valence-corrected chi connectivity index (χ4v) is 7.16. The summed E-state index contributed by atoms with van der Waals surface area (Å²) in [5.41, 5.74) is 0. The first-order valence-electron chi connectivity index (χ1n) is 28.2. The Morgan fingerprint density at radius 3 is 1.18 bits per heavy atom. The number of hydrogen-bond donors (Lipinski definition) is 1. The summed E-state index contributed by atoms with van der Waals surface area (Å²) in [6.07, 6.45) is 71.4. The summed E-state index contributed by atoms with van der Waals surface area (Å²) in [5, 5.41) is 9.66. The maximum absolute atomic E-state index is 12.8. The van der Waals surface area contributed by atoms with Gasteiger partial charge in [-0.3, -0.25) is 9.59 Å². The fraction of sp³-hybridized carbons (Fsp3) is 0.635. The minimum Gasteiger partial charge on any atom is -0.477 e. The van der Waals surface area contributed by atoms with E-state index in [2.05, 4.69) is 135 Å². The predicted molar refractivity (Wildman–Crippen MR) is 304 cm³/mol. The molecule has 0 aliphatic heterocycles. The number of carboxylic acids is 1. The largest absolute Gasteiger partial charge is 0.477 e. The zero-order valence-corrected chi connectivity index (χ0v) is 46.3. The molecule has 0 bridgehead atoms. The van der Waals surface area contributed by atoms with Crippen molar-refractivity contribution in [2.45, 2.75) is 212 Å². The highest BCUT2D eigenvalue weighted by Crippen LogP contribution is 2.14. The van der Waals surface area contributed by atoms with E-state index in [0.717, 1.165) is 122 Å². The smallest absolute Gasteiger partial charge is 0.361 e. The summed E-state index contributed by atoms with van der Waals surface area (Å²) < 4.78 is 22.7. The average molecular weight is 1000 g/mol. The first-order valence-corrected chi connectivity index (χ1v) is 28.2. The van der Waals surface area contributed by atoms with E-state index in [9.17, 15) is 19.5 Å². The van der Waals surface area contributed by atoms with Crippen LogP contribution in [0.2, 0.25) is 0 Å². The lowest BCUT2D eigenvalue weighted by Gasteiger charge is -2.25. The minimum atomic E-state index is -1.52. The topological polar surface area (TPSA) is 108 Å². The molecule has 408 valence electrons.